The molecule has 0 aliphatic carbocycles. The van der Waals surface area contributed by atoms with E-state index < -0.39 is 0 Å². The molecule has 0 aromatic carbocycles. The molecule has 1 aromatic heterocycles. The smallest absolute Gasteiger partial charge is 0.138 e. The minimum Gasteiger partial charge on any atom is -0.466 e. The lowest BCUT2D eigenvalue weighted by Gasteiger charge is -2.03. The van der Waals surface area contributed by atoms with Crippen LogP contribution in [0.1, 0.15) is 30.7 Å². The van der Waals surface area contributed by atoms with Crippen molar-refractivity contribution in [3.8, 4) is 6.07 Å². The van der Waals surface area contributed by atoms with Crippen molar-refractivity contribution in [2.45, 2.75) is 19.4 Å². The Labute approximate surface area is 65.4 Å². The fourth-order valence-electron chi connectivity index (χ4n) is 0.886. The summed E-state index contributed by atoms with van der Waals surface area (Å²) in [6, 6.07) is 3.49. The van der Waals surface area contributed by atoms with Crippen LogP contribution in [0.25, 0.3) is 0 Å². The molecule has 0 spiro atoms. The van der Waals surface area contributed by atoms with Crippen LogP contribution in [0.3, 0.4) is 0 Å². The molecule has 1 unspecified atom stereocenters. The summed E-state index contributed by atoms with van der Waals surface area (Å²) in [6.45, 7) is 1.95. The summed E-state index contributed by atoms with van der Waals surface area (Å²) in [5.74, 6) is 0.593. The van der Waals surface area contributed by atoms with E-state index in [0.29, 0.717) is 11.3 Å². The van der Waals surface area contributed by atoms with E-state index in [2.05, 4.69) is 0 Å². The van der Waals surface area contributed by atoms with Crippen molar-refractivity contribution in [3.63, 3.8) is 0 Å². The number of furan rings is 1. The number of nitrogens with zero attached hydrogens (tertiary/aromatic N) is 1. The molecule has 0 bridgehead atoms. The number of hydrogen-bond acceptors (Lipinski definition) is 3. The number of hydrogen-bond donors (Lipinski definition) is 1. The van der Waals surface area contributed by atoms with Gasteiger partial charge in [-0.2, -0.15) is 5.26 Å². The van der Waals surface area contributed by atoms with E-state index in [-0.39, 0.29) is 6.04 Å². The number of nitriles is 1. The van der Waals surface area contributed by atoms with Crippen LogP contribution in [0.4, 0.5) is 0 Å². The highest BCUT2D eigenvalue weighted by Crippen LogP contribution is 2.18. The van der Waals surface area contributed by atoms with Crippen LogP contribution >= 0.6 is 0 Å². The molecule has 0 saturated heterocycles. The van der Waals surface area contributed by atoms with Gasteiger partial charge in [-0.25, -0.2) is 0 Å². The fourth-order valence-corrected chi connectivity index (χ4v) is 0.886. The molecule has 11 heavy (non-hydrogen) atoms. The normalized spacial score (nSPS) is 12.5. The van der Waals surface area contributed by atoms with Crippen molar-refractivity contribution in [1.29, 1.82) is 5.26 Å². The zero-order valence-electron chi connectivity index (χ0n) is 6.37. The fraction of sp³-hybridized carbons (Fsp3) is 0.375. The lowest BCUT2D eigenvalue weighted by molar-refractivity contribution is 0.459. The SMILES string of the molecule is CCC(N)c1occc1C#N. The van der Waals surface area contributed by atoms with Crippen LogP contribution < -0.4 is 5.73 Å². The molecule has 1 atom stereocenters. The van der Waals surface area contributed by atoms with Crippen molar-refractivity contribution >= 4 is 0 Å². The lowest BCUT2D eigenvalue weighted by Crippen LogP contribution is -2.08. The largest absolute Gasteiger partial charge is 0.466 e. The van der Waals surface area contributed by atoms with Gasteiger partial charge in [-0.15, -0.1) is 0 Å². The molecule has 58 valence electrons. The standard InChI is InChI=1S/C8H10N2O/c1-2-7(10)8-6(5-9)3-4-11-8/h3-4,7H,2,10H2,1H3. The molecule has 3 nitrogen and oxygen atoms in total. The first-order valence-corrected chi connectivity index (χ1v) is 3.52. The minimum absolute atomic E-state index is 0.153. The molecule has 2 N–H and O–H groups in total. The second-order valence-electron chi connectivity index (χ2n) is 2.33. The zero-order chi connectivity index (χ0) is 8.27. The molecule has 1 rings (SSSR count). The Balaban J connectivity index is 2.95. The first kappa shape index (κ1) is 7.83. The van der Waals surface area contributed by atoms with Crippen molar-refractivity contribution in [2.24, 2.45) is 5.73 Å². The van der Waals surface area contributed by atoms with Crippen molar-refractivity contribution in [2.75, 3.05) is 0 Å². The number of nitrogens with two attached hydrogens (primary N) is 1. The van der Waals surface area contributed by atoms with Gasteiger partial charge < -0.3 is 10.2 Å². The van der Waals surface area contributed by atoms with Gasteiger partial charge in [-0.1, -0.05) is 6.92 Å². The summed E-state index contributed by atoms with van der Waals surface area (Å²) in [5, 5.41) is 8.59. The third kappa shape index (κ3) is 1.41. The van der Waals surface area contributed by atoms with E-state index in [9.17, 15) is 0 Å². The van der Waals surface area contributed by atoms with Gasteiger partial charge in [-0.3, -0.25) is 0 Å². The predicted octanol–water partition coefficient (Wildman–Crippen LogP) is 1.56. The first-order valence-electron chi connectivity index (χ1n) is 3.52. The van der Waals surface area contributed by atoms with Gasteiger partial charge in [0, 0.05) is 0 Å². The van der Waals surface area contributed by atoms with E-state index >= 15 is 0 Å². The molecule has 0 radical (unpaired) electrons. The molecule has 1 heterocycles. The quantitative estimate of drug-likeness (QED) is 0.695. The van der Waals surface area contributed by atoms with Gasteiger partial charge in [0.2, 0.25) is 0 Å². The second kappa shape index (κ2) is 3.22. The number of rotatable bonds is 2. The molecule has 1 aromatic rings. The average Bonchev–Trinajstić information content (AvgIpc) is 2.50. The molecular formula is C8H10N2O. The van der Waals surface area contributed by atoms with Gasteiger partial charge in [0.1, 0.15) is 11.8 Å². The predicted molar refractivity (Wildman–Crippen MR) is 40.6 cm³/mol. The maximum Gasteiger partial charge on any atom is 0.138 e. The van der Waals surface area contributed by atoms with E-state index in [1.807, 2.05) is 13.0 Å². The summed E-state index contributed by atoms with van der Waals surface area (Å²) in [5.41, 5.74) is 6.21. The highest BCUT2D eigenvalue weighted by molar-refractivity contribution is 5.32. The average molecular weight is 150 g/mol. The van der Waals surface area contributed by atoms with Crippen molar-refractivity contribution in [3.05, 3.63) is 23.7 Å². The van der Waals surface area contributed by atoms with Crippen LogP contribution in [0.15, 0.2) is 16.7 Å². The summed E-state index contributed by atoms with van der Waals surface area (Å²) < 4.78 is 5.06. The van der Waals surface area contributed by atoms with Crippen LogP contribution in [-0.4, -0.2) is 0 Å². The molecule has 0 fully saturated rings. The Kier molecular flexibility index (Phi) is 2.29. The Morgan fingerprint density at radius 3 is 3.09 bits per heavy atom. The van der Waals surface area contributed by atoms with Crippen LogP contribution in [0.5, 0.6) is 0 Å². The van der Waals surface area contributed by atoms with E-state index in [4.69, 9.17) is 15.4 Å². The van der Waals surface area contributed by atoms with E-state index in [1.54, 1.807) is 6.07 Å². The van der Waals surface area contributed by atoms with Crippen LogP contribution in [-0.2, 0) is 0 Å². The summed E-state index contributed by atoms with van der Waals surface area (Å²) >= 11 is 0. The Morgan fingerprint density at radius 2 is 2.55 bits per heavy atom. The third-order valence-corrected chi connectivity index (χ3v) is 1.59. The van der Waals surface area contributed by atoms with Crippen LogP contribution in [0.2, 0.25) is 0 Å². The Bertz CT molecular complexity index is 272. The van der Waals surface area contributed by atoms with Crippen molar-refractivity contribution in [1.82, 2.24) is 0 Å². The highest BCUT2D eigenvalue weighted by atomic mass is 16.3. The van der Waals surface area contributed by atoms with Crippen LogP contribution in [0, 0.1) is 11.3 Å². The molecular weight excluding hydrogens is 140 g/mol. The van der Waals surface area contributed by atoms with Gasteiger partial charge in [0.15, 0.2) is 0 Å². The maximum absolute atomic E-state index is 8.59. The van der Waals surface area contributed by atoms with Gasteiger partial charge >= 0.3 is 0 Å². The monoisotopic (exact) mass is 150 g/mol. The van der Waals surface area contributed by atoms with Gasteiger partial charge in [0.05, 0.1) is 17.9 Å². The summed E-state index contributed by atoms with van der Waals surface area (Å²) in [7, 11) is 0. The minimum atomic E-state index is -0.153. The lowest BCUT2D eigenvalue weighted by atomic mass is 10.1. The zero-order valence-corrected chi connectivity index (χ0v) is 6.37. The molecule has 0 aliphatic heterocycles. The van der Waals surface area contributed by atoms with E-state index in [1.165, 1.54) is 6.26 Å². The maximum atomic E-state index is 8.59. The molecule has 0 amide bonds. The topological polar surface area (TPSA) is 62.9 Å². The molecule has 3 heteroatoms. The van der Waals surface area contributed by atoms with Gasteiger partial charge in [-0.05, 0) is 12.5 Å². The van der Waals surface area contributed by atoms with E-state index in [0.717, 1.165) is 6.42 Å². The Morgan fingerprint density at radius 1 is 1.82 bits per heavy atom. The molecule has 0 aliphatic rings. The third-order valence-electron chi connectivity index (χ3n) is 1.59. The summed E-state index contributed by atoms with van der Waals surface area (Å²) in [6.07, 6.45) is 2.27. The Hall–Kier alpha value is -1.27. The first-order chi connectivity index (χ1) is 5.29. The molecule has 0 saturated carbocycles. The van der Waals surface area contributed by atoms with Gasteiger partial charge in [0.25, 0.3) is 0 Å². The summed E-state index contributed by atoms with van der Waals surface area (Å²) in [4.78, 5) is 0. The van der Waals surface area contributed by atoms with Crippen molar-refractivity contribution < 1.29 is 4.42 Å². The second-order valence-corrected chi connectivity index (χ2v) is 2.33. The highest BCUT2D eigenvalue weighted by Gasteiger charge is 2.11.